The summed E-state index contributed by atoms with van der Waals surface area (Å²) in [4.78, 5) is 2.38. The molecule has 0 saturated carbocycles. The zero-order chi connectivity index (χ0) is 6.36. The molecule has 0 spiro atoms. The van der Waals surface area contributed by atoms with Gasteiger partial charge in [-0.05, 0) is 12.5 Å². The van der Waals surface area contributed by atoms with Gasteiger partial charge in [0.25, 0.3) is 0 Å². The Balaban J connectivity index is 2.39. The molecule has 1 rings (SSSR count). The van der Waals surface area contributed by atoms with Gasteiger partial charge in [0, 0.05) is 12.6 Å². The second-order valence-corrected chi connectivity index (χ2v) is 3.82. The van der Waals surface area contributed by atoms with Crippen LogP contribution in [-0.4, -0.2) is 24.5 Å². The fourth-order valence-electron chi connectivity index (χ4n) is 1.16. The van der Waals surface area contributed by atoms with E-state index in [2.05, 4.69) is 32.7 Å². The highest BCUT2D eigenvalue weighted by Gasteiger charge is 2.39. The molecule has 48 valence electrons. The number of likely N-dealkylation sites (N-methyl/N-ethyl adjacent to an activating group) is 1. The van der Waals surface area contributed by atoms with Crippen LogP contribution in [0.2, 0.25) is 0 Å². The molecule has 0 aromatic carbocycles. The average molecular weight is 113 g/mol. The van der Waals surface area contributed by atoms with E-state index in [1.54, 1.807) is 0 Å². The van der Waals surface area contributed by atoms with E-state index >= 15 is 0 Å². The van der Waals surface area contributed by atoms with Gasteiger partial charge in [0.15, 0.2) is 0 Å². The van der Waals surface area contributed by atoms with Crippen molar-refractivity contribution in [3.05, 3.63) is 0 Å². The van der Waals surface area contributed by atoms with E-state index in [9.17, 15) is 0 Å². The van der Waals surface area contributed by atoms with Crippen LogP contribution >= 0.6 is 0 Å². The van der Waals surface area contributed by atoms with E-state index in [4.69, 9.17) is 0 Å². The maximum Gasteiger partial charge on any atom is 0.0269 e. The molecule has 1 fully saturated rings. The molecular weight excluding hydrogens is 98.1 g/mol. The molecule has 1 saturated heterocycles. The highest BCUT2D eigenvalue weighted by Crippen LogP contribution is 2.32. The smallest absolute Gasteiger partial charge is 0.0269 e. The van der Waals surface area contributed by atoms with Crippen molar-refractivity contribution >= 4 is 0 Å². The molecule has 1 heteroatoms. The molecule has 0 bridgehead atoms. The van der Waals surface area contributed by atoms with Crippen LogP contribution in [0.25, 0.3) is 0 Å². The molecule has 0 aromatic heterocycles. The van der Waals surface area contributed by atoms with Crippen LogP contribution in [0.4, 0.5) is 0 Å². The molecule has 0 aliphatic carbocycles. The molecular formula is C7H15N. The zero-order valence-electron chi connectivity index (χ0n) is 6.23. The summed E-state index contributed by atoms with van der Waals surface area (Å²) < 4.78 is 0. The maximum atomic E-state index is 2.38. The van der Waals surface area contributed by atoms with Crippen molar-refractivity contribution < 1.29 is 0 Å². The highest BCUT2D eigenvalue weighted by molar-refractivity contribution is 4.94. The molecule has 1 nitrogen and oxygen atoms in total. The van der Waals surface area contributed by atoms with Gasteiger partial charge in [-0.3, -0.25) is 0 Å². The van der Waals surface area contributed by atoms with E-state index < -0.39 is 0 Å². The molecule has 0 aromatic rings. The van der Waals surface area contributed by atoms with Crippen molar-refractivity contribution in [2.75, 3.05) is 13.6 Å². The molecule has 0 radical (unpaired) electrons. The maximum absolute atomic E-state index is 2.38. The van der Waals surface area contributed by atoms with Gasteiger partial charge in [0.05, 0.1) is 0 Å². The Labute approximate surface area is 51.7 Å². The first-order chi connectivity index (χ1) is 3.52. The first-order valence-corrected chi connectivity index (χ1v) is 3.22. The van der Waals surface area contributed by atoms with Crippen molar-refractivity contribution in [1.82, 2.24) is 4.90 Å². The average Bonchev–Trinajstić information content (AvgIpc) is 2.13. The monoisotopic (exact) mass is 113 g/mol. The summed E-state index contributed by atoms with van der Waals surface area (Å²) in [7, 11) is 2.18. The van der Waals surface area contributed by atoms with E-state index in [1.165, 1.54) is 6.54 Å². The van der Waals surface area contributed by atoms with Crippen LogP contribution in [0.3, 0.4) is 0 Å². The van der Waals surface area contributed by atoms with Crippen molar-refractivity contribution in [3.8, 4) is 0 Å². The van der Waals surface area contributed by atoms with Crippen molar-refractivity contribution in [2.45, 2.75) is 26.8 Å². The molecule has 8 heavy (non-hydrogen) atoms. The zero-order valence-corrected chi connectivity index (χ0v) is 6.23. The van der Waals surface area contributed by atoms with Gasteiger partial charge in [-0.2, -0.15) is 0 Å². The predicted molar refractivity (Wildman–Crippen MR) is 35.9 cm³/mol. The second kappa shape index (κ2) is 1.47. The molecule has 0 N–H and O–H groups in total. The molecule has 1 aliphatic heterocycles. The number of hydrogen-bond donors (Lipinski definition) is 0. The fourth-order valence-corrected chi connectivity index (χ4v) is 1.16. The first-order valence-electron chi connectivity index (χ1n) is 3.22. The van der Waals surface area contributed by atoms with E-state index in [0.717, 1.165) is 6.04 Å². The van der Waals surface area contributed by atoms with Crippen molar-refractivity contribution in [2.24, 2.45) is 5.41 Å². The summed E-state index contributed by atoms with van der Waals surface area (Å²) >= 11 is 0. The summed E-state index contributed by atoms with van der Waals surface area (Å²) in [6.07, 6.45) is 0. The van der Waals surface area contributed by atoms with Crippen LogP contribution in [0.15, 0.2) is 0 Å². The summed E-state index contributed by atoms with van der Waals surface area (Å²) in [5.41, 5.74) is 0.509. The predicted octanol–water partition coefficient (Wildman–Crippen LogP) is 1.35. The van der Waals surface area contributed by atoms with Gasteiger partial charge in [0.1, 0.15) is 0 Å². The Kier molecular flexibility index (Phi) is 1.12. The van der Waals surface area contributed by atoms with Crippen molar-refractivity contribution in [1.29, 1.82) is 0 Å². The topological polar surface area (TPSA) is 3.01 Å². The summed E-state index contributed by atoms with van der Waals surface area (Å²) in [6.45, 7) is 8.17. The van der Waals surface area contributed by atoms with E-state index in [0.29, 0.717) is 5.41 Å². The van der Waals surface area contributed by atoms with Gasteiger partial charge in [-0.1, -0.05) is 20.8 Å². The van der Waals surface area contributed by atoms with E-state index in [1.807, 2.05) is 0 Å². The van der Waals surface area contributed by atoms with Crippen LogP contribution < -0.4 is 0 Å². The number of rotatable bonds is 0. The molecule has 2 unspecified atom stereocenters. The minimum atomic E-state index is 0.509. The van der Waals surface area contributed by atoms with Crippen LogP contribution in [-0.2, 0) is 0 Å². The lowest BCUT2D eigenvalue weighted by atomic mass is 9.92. The normalized spacial score (nSPS) is 37.5. The van der Waals surface area contributed by atoms with Crippen LogP contribution in [0.1, 0.15) is 20.8 Å². The Morgan fingerprint density at radius 2 is 1.75 bits per heavy atom. The largest absolute Gasteiger partial charge is 0.300 e. The van der Waals surface area contributed by atoms with Crippen LogP contribution in [0, 0.1) is 5.41 Å². The molecule has 0 amide bonds. The minimum absolute atomic E-state index is 0.509. The minimum Gasteiger partial charge on any atom is -0.300 e. The quantitative estimate of drug-likeness (QED) is 0.428. The number of hydrogen-bond acceptors (Lipinski definition) is 1. The number of nitrogens with zero attached hydrogens (tertiary/aromatic N) is 1. The fraction of sp³-hybridized carbons (Fsp3) is 1.00. The highest BCUT2D eigenvalue weighted by atomic mass is 15.3. The SMILES string of the molecule is CN1CC1C(C)(C)C. The summed E-state index contributed by atoms with van der Waals surface area (Å²) in [6, 6.07) is 0.850. The van der Waals surface area contributed by atoms with Gasteiger partial charge >= 0.3 is 0 Å². The Morgan fingerprint density at radius 3 is 1.75 bits per heavy atom. The lowest BCUT2D eigenvalue weighted by Gasteiger charge is -2.16. The summed E-state index contributed by atoms with van der Waals surface area (Å²) in [5, 5.41) is 0. The van der Waals surface area contributed by atoms with Crippen molar-refractivity contribution in [3.63, 3.8) is 0 Å². The molecule has 1 aliphatic rings. The lowest BCUT2D eigenvalue weighted by Crippen LogP contribution is -2.16. The Morgan fingerprint density at radius 1 is 1.38 bits per heavy atom. The third-order valence-electron chi connectivity index (χ3n) is 1.86. The van der Waals surface area contributed by atoms with Gasteiger partial charge in [-0.25, -0.2) is 0 Å². The third kappa shape index (κ3) is 1.03. The Bertz CT molecular complexity index is 91.1. The van der Waals surface area contributed by atoms with Gasteiger partial charge in [0.2, 0.25) is 0 Å². The lowest BCUT2D eigenvalue weighted by molar-refractivity contribution is 0.350. The summed E-state index contributed by atoms with van der Waals surface area (Å²) in [5.74, 6) is 0. The van der Waals surface area contributed by atoms with E-state index in [-0.39, 0.29) is 0 Å². The van der Waals surface area contributed by atoms with Gasteiger partial charge in [-0.15, -0.1) is 0 Å². The standard InChI is InChI=1S/C7H15N/c1-7(2,3)6-5-8(6)4/h6H,5H2,1-4H3. The Hall–Kier alpha value is -0.0400. The second-order valence-electron chi connectivity index (χ2n) is 3.82. The molecule has 1 heterocycles. The van der Waals surface area contributed by atoms with Crippen LogP contribution in [0.5, 0.6) is 0 Å². The first kappa shape index (κ1) is 6.09. The molecule has 2 atom stereocenters. The third-order valence-corrected chi connectivity index (χ3v) is 1.86. The van der Waals surface area contributed by atoms with Gasteiger partial charge < -0.3 is 4.90 Å².